The summed E-state index contributed by atoms with van der Waals surface area (Å²) in [5.41, 5.74) is 3.21. The first-order valence-corrected chi connectivity index (χ1v) is 5.87. The third-order valence-electron chi connectivity index (χ3n) is 2.92. The number of carbonyl (C=O) groups is 1. The first kappa shape index (κ1) is 12.4. The Balaban J connectivity index is 2.41. The molecule has 94 valence electrons. The zero-order valence-corrected chi connectivity index (χ0v) is 10.7. The van der Waals surface area contributed by atoms with Gasteiger partial charge in [-0.1, -0.05) is 13.8 Å². The van der Waals surface area contributed by atoms with Crippen molar-refractivity contribution in [1.82, 2.24) is 9.55 Å². The van der Waals surface area contributed by atoms with E-state index >= 15 is 0 Å². The van der Waals surface area contributed by atoms with Crippen molar-refractivity contribution < 1.29 is 9.90 Å². The van der Waals surface area contributed by atoms with Crippen molar-refractivity contribution >= 4 is 5.97 Å². The van der Waals surface area contributed by atoms with Gasteiger partial charge in [0.25, 0.3) is 0 Å². The second-order valence-electron chi connectivity index (χ2n) is 4.67. The third kappa shape index (κ3) is 2.27. The molecule has 1 aromatic heterocycles. The normalized spacial score (nSPS) is 10.9. The monoisotopic (exact) mass is 244 g/mol. The van der Waals surface area contributed by atoms with Crippen LogP contribution in [-0.4, -0.2) is 20.6 Å². The zero-order chi connectivity index (χ0) is 13.3. The zero-order valence-electron chi connectivity index (χ0n) is 10.7. The first-order valence-electron chi connectivity index (χ1n) is 5.87. The summed E-state index contributed by atoms with van der Waals surface area (Å²) >= 11 is 0. The van der Waals surface area contributed by atoms with Crippen LogP contribution in [0.5, 0.6) is 0 Å². The molecule has 0 amide bonds. The van der Waals surface area contributed by atoms with Crippen molar-refractivity contribution in [1.29, 1.82) is 0 Å². The Kier molecular flexibility index (Phi) is 3.19. The summed E-state index contributed by atoms with van der Waals surface area (Å²) in [5.74, 6) is -0.525. The molecular weight excluding hydrogens is 228 g/mol. The molecule has 0 aliphatic heterocycles. The lowest BCUT2D eigenvalue weighted by Crippen LogP contribution is -2.00. The molecule has 4 nitrogen and oxygen atoms in total. The van der Waals surface area contributed by atoms with E-state index in [0.29, 0.717) is 11.5 Å². The summed E-state index contributed by atoms with van der Waals surface area (Å²) in [7, 11) is 0. The van der Waals surface area contributed by atoms with Gasteiger partial charge in [-0.3, -0.25) is 0 Å². The molecular formula is C14H16N2O2. The molecule has 0 fully saturated rings. The van der Waals surface area contributed by atoms with E-state index in [2.05, 4.69) is 18.8 Å². The Morgan fingerprint density at radius 1 is 1.39 bits per heavy atom. The smallest absolute Gasteiger partial charge is 0.335 e. The molecule has 0 saturated heterocycles. The minimum Gasteiger partial charge on any atom is -0.478 e. The van der Waals surface area contributed by atoms with Crippen LogP contribution in [0, 0.1) is 6.92 Å². The lowest BCUT2D eigenvalue weighted by molar-refractivity contribution is 0.0697. The van der Waals surface area contributed by atoms with Gasteiger partial charge < -0.3 is 9.67 Å². The lowest BCUT2D eigenvalue weighted by Gasteiger charge is -2.07. The van der Waals surface area contributed by atoms with Gasteiger partial charge in [0.15, 0.2) is 0 Å². The second-order valence-corrected chi connectivity index (χ2v) is 4.67. The van der Waals surface area contributed by atoms with Crippen LogP contribution in [0.15, 0.2) is 30.7 Å². The molecule has 18 heavy (non-hydrogen) atoms. The van der Waals surface area contributed by atoms with E-state index in [0.717, 1.165) is 16.9 Å². The van der Waals surface area contributed by atoms with Gasteiger partial charge in [-0.25, -0.2) is 9.78 Å². The number of benzene rings is 1. The van der Waals surface area contributed by atoms with Gasteiger partial charge in [0.2, 0.25) is 0 Å². The number of aromatic carboxylic acids is 1. The molecule has 0 aliphatic rings. The van der Waals surface area contributed by atoms with Gasteiger partial charge >= 0.3 is 5.97 Å². The van der Waals surface area contributed by atoms with Crippen LogP contribution in [0.25, 0.3) is 5.69 Å². The Hall–Kier alpha value is -2.10. The van der Waals surface area contributed by atoms with E-state index in [1.54, 1.807) is 18.5 Å². The number of aromatic nitrogens is 2. The predicted molar refractivity (Wildman–Crippen MR) is 69.3 cm³/mol. The molecule has 1 heterocycles. The Labute approximate surface area is 106 Å². The average Bonchev–Trinajstić information content (AvgIpc) is 2.78. The van der Waals surface area contributed by atoms with Crippen molar-refractivity contribution in [2.24, 2.45) is 0 Å². The van der Waals surface area contributed by atoms with Crippen LogP contribution in [0.4, 0.5) is 0 Å². The minimum atomic E-state index is -0.904. The topological polar surface area (TPSA) is 55.1 Å². The van der Waals surface area contributed by atoms with Gasteiger partial charge in [-0.15, -0.1) is 0 Å². The Morgan fingerprint density at radius 3 is 2.61 bits per heavy atom. The summed E-state index contributed by atoms with van der Waals surface area (Å²) in [5, 5.41) is 8.93. The first-order chi connectivity index (χ1) is 8.49. The second kappa shape index (κ2) is 4.64. The minimum absolute atomic E-state index is 0.306. The van der Waals surface area contributed by atoms with Gasteiger partial charge in [0.05, 0.1) is 17.6 Å². The fourth-order valence-corrected chi connectivity index (χ4v) is 1.85. The van der Waals surface area contributed by atoms with Crippen LogP contribution >= 0.6 is 0 Å². The Bertz CT molecular complexity index is 585. The van der Waals surface area contributed by atoms with Crippen LogP contribution in [0.2, 0.25) is 0 Å². The van der Waals surface area contributed by atoms with E-state index < -0.39 is 5.97 Å². The number of aryl methyl sites for hydroxylation is 1. The quantitative estimate of drug-likeness (QED) is 0.903. The summed E-state index contributed by atoms with van der Waals surface area (Å²) in [6, 6.07) is 5.09. The summed E-state index contributed by atoms with van der Waals surface area (Å²) in [4.78, 5) is 15.2. The van der Waals surface area contributed by atoms with Crippen molar-refractivity contribution in [2.75, 3.05) is 0 Å². The number of nitrogens with zero attached hydrogens (tertiary/aromatic N) is 2. The van der Waals surface area contributed by atoms with Crippen molar-refractivity contribution in [3.63, 3.8) is 0 Å². The van der Waals surface area contributed by atoms with Crippen LogP contribution < -0.4 is 0 Å². The number of imidazole rings is 1. The molecule has 4 heteroatoms. The van der Waals surface area contributed by atoms with Crippen LogP contribution in [0.1, 0.15) is 41.4 Å². The third-order valence-corrected chi connectivity index (χ3v) is 2.92. The van der Waals surface area contributed by atoms with Gasteiger partial charge in [0.1, 0.15) is 0 Å². The van der Waals surface area contributed by atoms with Crippen molar-refractivity contribution in [3.05, 3.63) is 47.5 Å². The maximum Gasteiger partial charge on any atom is 0.335 e. The number of carboxylic acids is 1. The Morgan fingerprint density at radius 2 is 2.11 bits per heavy atom. The van der Waals surface area contributed by atoms with Crippen molar-refractivity contribution in [2.45, 2.75) is 26.7 Å². The molecule has 0 unspecified atom stereocenters. The van der Waals surface area contributed by atoms with Crippen LogP contribution in [-0.2, 0) is 0 Å². The summed E-state index contributed by atoms with van der Waals surface area (Å²) < 4.78 is 1.93. The fraction of sp³-hybridized carbons (Fsp3) is 0.286. The number of hydrogen-bond donors (Lipinski definition) is 1. The van der Waals surface area contributed by atoms with E-state index in [4.69, 9.17) is 5.11 Å². The molecule has 0 aliphatic carbocycles. The highest BCUT2D eigenvalue weighted by Gasteiger charge is 2.09. The highest BCUT2D eigenvalue weighted by molar-refractivity contribution is 5.88. The molecule has 1 N–H and O–H groups in total. The van der Waals surface area contributed by atoms with E-state index in [-0.39, 0.29) is 0 Å². The SMILES string of the molecule is Cc1cc(C(=O)O)ccc1-n1cnc(C(C)C)c1. The lowest BCUT2D eigenvalue weighted by atomic mass is 10.1. The summed E-state index contributed by atoms with van der Waals surface area (Å²) in [6.07, 6.45) is 3.74. The predicted octanol–water partition coefficient (Wildman–Crippen LogP) is 3.00. The van der Waals surface area contributed by atoms with Gasteiger partial charge in [0, 0.05) is 11.9 Å². The molecule has 0 bridgehead atoms. The maximum absolute atomic E-state index is 10.9. The number of rotatable bonds is 3. The standard InChI is InChI=1S/C14H16N2O2/c1-9(2)12-7-16(8-15-12)13-5-4-11(14(17)18)6-10(13)3/h4-9H,1-3H3,(H,17,18). The molecule has 0 saturated carbocycles. The molecule has 2 rings (SSSR count). The number of carboxylic acid groups (broad SMARTS) is 1. The van der Waals surface area contributed by atoms with Crippen LogP contribution in [0.3, 0.4) is 0 Å². The molecule has 2 aromatic rings. The van der Waals surface area contributed by atoms with Crippen molar-refractivity contribution in [3.8, 4) is 5.69 Å². The maximum atomic E-state index is 10.9. The molecule has 0 spiro atoms. The van der Waals surface area contributed by atoms with Gasteiger partial charge in [-0.2, -0.15) is 0 Å². The molecule has 1 aromatic carbocycles. The van der Waals surface area contributed by atoms with E-state index in [1.165, 1.54) is 0 Å². The van der Waals surface area contributed by atoms with E-state index in [1.807, 2.05) is 23.8 Å². The van der Waals surface area contributed by atoms with E-state index in [9.17, 15) is 4.79 Å². The number of hydrogen-bond acceptors (Lipinski definition) is 2. The van der Waals surface area contributed by atoms with Gasteiger partial charge in [-0.05, 0) is 36.6 Å². The highest BCUT2D eigenvalue weighted by Crippen LogP contribution is 2.19. The largest absolute Gasteiger partial charge is 0.478 e. The molecule has 0 atom stereocenters. The highest BCUT2D eigenvalue weighted by atomic mass is 16.4. The fourth-order valence-electron chi connectivity index (χ4n) is 1.85. The molecule has 0 radical (unpaired) electrons. The average molecular weight is 244 g/mol. The summed E-state index contributed by atoms with van der Waals surface area (Å²) in [6.45, 7) is 6.08.